The molecule has 0 aliphatic heterocycles. The van der Waals surface area contributed by atoms with E-state index in [9.17, 15) is 19.4 Å². The van der Waals surface area contributed by atoms with Crippen LogP contribution in [-0.2, 0) is 23.1 Å². The lowest BCUT2D eigenvalue weighted by molar-refractivity contribution is -0.870. The lowest BCUT2D eigenvalue weighted by Crippen LogP contribution is -2.37. The monoisotopic (exact) mass is 552 g/mol. The third-order valence-corrected chi connectivity index (χ3v) is 7.49. The molecule has 0 aliphatic rings. The topological polar surface area (TPSA) is 102 Å². The minimum absolute atomic E-state index is 0.0362. The number of likely N-dealkylation sites (N-methyl/N-ethyl adjacent to an activating group) is 1. The Kier molecular flexibility index (Phi) is 23.1. The fraction of sp³-hybridized carbons (Fsp3) is 0.964. The van der Waals surface area contributed by atoms with Gasteiger partial charge < -0.3 is 19.2 Å². The second-order valence-corrected chi connectivity index (χ2v) is 12.7. The molecule has 0 aromatic heterocycles. The molecule has 0 bridgehead atoms. The van der Waals surface area contributed by atoms with Crippen molar-refractivity contribution in [3.63, 3.8) is 0 Å². The van der Waals surface area contributed by atoms with Crippen LogP contribution in [0, 0.1) is 0 Å². The number of nitrogens with zero attached hydrogens (tertiary/aromatic N) is 1. The van der Waals surface area contributed by atoms with Crippen LogP contribution >= 0.6 is 7.82 Å². The highest BCUT2D eigenvalue weighted by atomic mass is 31.2. The van der Waals surface area contributed by atoms with E-state index in [2.05, 4.69) is 6.92 Å². The number of phosphoric ester groups is 1. The standard InChI is InChI=1S/C28H58NO7P/c1-5-6-7-8-9-10-11-12-13-14-15-16-17-18-19-20-21-22-28(31)34-26-27(25-30)36-37(32,33)35-24-23-29(2,3)4/h27,30H,5-26H2,1-4H3/p+1/t27-/m0/s1. The minimum Gasteiger partial charge on any atom is -0.463 e. The van der Waals surface area contributed by atoms with Crippen molar-refractivity contribution in [1.82, 2.24) is 0 Å². The van der Waals surface area contributed by atoms with Gasteiger partial charge >= 0.3 is 13.8 Å². The molecule has 1 unspecified atom stereocenters. The number of rotatable bonds is 27. The molecule has 0 fully saturated rings. The maximum Gasteiger partial charge on any atom is 0.472 e. The summed E-state index contributed by atoms with van der Waals surface area (Å²) in [7, 11) is 1.47. The molecular formula is C28H59NO7P+. The van der Waals surface area contributed by atoms with E-state index in [1.54, 1.807) is 0 Å². The average molecular weight is 553 g/mol. The maximum atomic E-state index is 12.0. The molecule has 2 atom stereocenters. The normalized spacial score (nSPS) is 14.4. The van der Waals surface area contributed by atoms with E-state index in [1.165, 1.54) is 89.9 Å². The van der Waals surface area contributed by atoms with E-state index in [0.717, 1.165) is 19.3 Å². The molecule has 0 aliphatic carbocycles. The van der Waals surface area contributed by atoms with Crippen LogP contribution in [0.4, 0.5) is 0 Å². The number of phosphoric acid groups is 1. The van der Waals surface area contributed by atoms with Crippen LogP contribution in [0.2, 0.25) is 0 Å². The van der Waals surface area contributed by atoms with Crippen molar-refractivity contribution in [2.75, 3.05) is 47.5 Å². The highest BCUT2D eigenvalue weighted by molar-refractivity contribution is 7.47. The van der Waals surface area contributed by atoms with E-state index in [1.807, 2.05) is 21.1 Å². The smallest absolute Gasteiger partial charge is 0.463 e. The molecule has 9 heteroatoms. The van der Waals surface area contributed by atoms with Gasteiger partial charge in [-0.3, -0.25) is 13.8 Å². The Hall–Kier alpha value is -0.500. The molecule has 37 heavy (non-hydrogen) atoms. The van der Waals surface area contributed by atoms with Gasteiger partial charge in [0.1, 0.15) is 25.9 Å². The highest BCUT2D eigenvalue weighted by Gasteiger charge is 2.28. The second kappa shape index (κ2) is 23.4. The van der Waals surface area contributed by atoms with Crippen LogP contribution in [-0.4, -0.2) is 74.1 Å². The molecule has 0 spiro atoms. The first-order chi connectivity index (χ1) is 17.6. The van der Waals surface area contributed by atoms with Crippen molar-refractivity contribution in [3.8, 4) is 0 Å². The Bertz CT molecular complexity index is 583. The minimum atomic E-state index is -4.33. The molecule has 2 N–H and O–H groups in total. The van der Waals surface area contributed by atoms with Crippen molar-refractivity contribution in [3.05, 3.63) is 0 Å². The predicted molar refractivity (Wildman–Crippen MR) is 150 cm³/mol. The van der Waals surface area contributed by atoms with Gasteiger partial charge in [-0.1, -0.05) is 110 Å². The van der Waals surface area contributed by atoms with Gasteiger partial charge in [-0.05, 0) is 6.42 Å². The van der Waals surface area contributed by atoms with Crippen LogP contribution in [0.15, 0.2) is 0 Å². The predicted octanol–water partition coefficient (Wildman–Crippen LogP) is 6.77. The molecule has 0 radical (unpaired) electrons. The van der Waals surface area contributed by atoms with Crippen molar-refractivity contribution in [2.45, 2.75) is 129 Å². The zero-order valence-electron chi connectivity index (χ0n) is 24.5. The maximum absolute atomic E-state index is 12.0. The lowest BCUT2D eigenvalue weighted by atomic mass is 10.0. The average Bonchev–Trinajstić information content (AvgIpc) is 2.82. The highest BCUT2D eigenvalue weighted by Crippen LogP contribution is 2.44. The summed E-state index contributed by atoms with van der Waals surface area (Å²) in [6.45, 7) is 2.00. The number of hydrogen-bond acceptors (Lipinski definition) is 6. The Morgan fingerprint density at radius 2 is 1.22 bits per heavy atom. The Morgan fingerprint density at radius 1 is 0.784 bits per heavy atom. The Labute approximate surface area is 227 Å². The Morgan fingerprint density at radius 3 is 1.62 bits per heavy atom. The van der Waals surface area contributed by atoms with Gasteiger partial charge in [0.05, 0.1) is 27.7 Å². The number of carbonyl (C=O) groups excluding carboxylic acids is 1. The molecule has 222 valence electrons. The number of aliphatic hydroxyl groups excluding tert-OH is 1. The van der Waals surface area contributed by atoms with Gasteiger partial charge in [0, 0.05) is 6.42 Å². The first kappa shape index (κ1) is 36.5. The second-order valence-electron chi connectivity index (χ2n) is 11.3. The van der Waals surface area contributed by atoms with Crippen LogP contribution in [0.3, 0.4) is 0 Å². The van der Waals surface area contributed by atoms with Crippen molar-refractivity contribution in [1.29, 1.82) is 0 Å². The van der Waals surface area contributed by atoms with E-state index < -0.39 is 20.5 Å². The van der Waals surface area contributed by atoms with Crippen molar-refractivity contribution < 1.29 is 37.6 Å². The molecule has 0 amide bonds. The zero-order valence-corrected chi connectivity index (χ0v) is 25.4. The summed E-state index contributed by atoms with van der Waals surface area (Å²) in [5.74, 6) is -0.387. The molecule has 0 saturated carbocycles. The first-order valence-electron chi connectivity index (χ1n) is 14.8. The summed E-state index contributed by atoms with van der Waals surface area (Å²) in [4.78, 5) is 21.7. The number of aliphatic hydroxyl groups is 1. The third-order valence-electron chi connectivity index (χ3n) is 6.42. The van der Waals surface area contributed by atoms with Crippen LogP contribution in [0.25, 0.3) is 0 Å². The first-order valence-corrected chi connectivity index (χ1v) is 16.3. The molecule has 0 rings (SSSR count). The van der Waals surface area contributed by atoms with E-state index in [0.29, 0.717) is 17.4 Å². The van der Waals surface area contributed by atoms with Crippen LogP contribution < -0.4 is 0 Å². The summed E-state index contributed by atoms with van der Waals surface area (Å²) in [5, 5.41) is 9.38. The molecule has 8 nitrogen and oxygen atoms in total. The van der Waals surface area contributed by atoms with Gasteiger partial charge in [-0.15, -0.1) is 0 Å². The van der Waals surface area contributed by atoms with Gasteiger partial charge in [0.15, 0.2) is 0 Å². The van der Waals surface area contributed by atoms with E-state index >= 15 is 0 Å². The zero-order chi connectivity index (χ0) is 27.8. The SMILES string of the molecule is CCCCCCCCCCCCCCCCCCCC(=O)OC[C@H](CO)OP(=O)(O)OCC[N+](C)(C)C. The molecule has 0 aromatic carbocycles. The number of hydrogen-bond donors (Lipinski definition) is 2. The summed E-state index contributed by atoms with van der Waals surface area (Å²) in [6.07, 6.45) is 21.0. The third kappa shape index (κ3) is 26.9. The lowest BCUT2D eigenvalue weighted by Gasteiger charge is -2.24. The number of quaternary nitrogens is 1. The van der Waals surface area contributed by atoms with Gasteiger partial charge in [-0.25, -0.2) is 4.57 Å². The summed E-state index contributed by atoms with van der Waals surface area (Å²) in [6, 6.07) is 0. The largest absolute Gasteiger partial charge is 0.472 e. The fourth-order valence-corrected chi connectivity index (χ4v) is 4.90. The number of esters is 1. The summed E-state index contributed by atoms with van der Waals surface area (Å²) >= 11 is 0. The molecule has 0 heterocycles. The Balaban J connectivity index is 3.60. The molecule has 0 aromatic rings. The van der Waals surface area contributed by atoms with Crippen LogP contribution in [0.1, 0.15) is 122 Å². The van der Waals surface area contributed by atoms with Gasteiger partial charge in [0.2, 0.25) is 0 Å². The van der Waals surface area contributed by atoms with Gasteiger partial charge in [0.25, 0.3) is 0 Å². The fourth-order valence-electron chi connectivity index (χ4n) is 4.02. The van der Waals surface area contributed by atoms with E-state index in [4.69, 9.17) is 13.8 Å². The summed E-state index contributed by atoms with van der Waals surface area (Å²) < 4.78 is 27.6. The quantitative estimate of drug-likeness (QED) is 0.0502. The summed E-state index contributed by atoms with van der Waals surface area (Å²) in [5.41, 5.74) is 0. The van der Waals surface area contributed by atoms with Crippen LogP contribution in [0.5, 0.6) is 0 Å². The number of ether oxygens (including phenoxy) is 1. The van der Waals surface area contributed by atoms with Crippen molar-refractivity contribution >= 4 is 13.8 Å². The molecule has 0 saturated heterocycles. The molecular weight excluding hydrogens is 493 g/mol. The van der Waals surface area contributed by atoms with Gasteiger partial charge in [-0.2, -0.15) is 0 Å². The number of carbonyl (C=O) groups is 1. The van der Waals surface area contributed by atoms with E-state index in [-0.39, 0.29) is 19.2 Å². The van der Waals surface area contributed by atoms with Crippen molar-refractivity contribution in [2.24, 2.45) is 0 Å². The number of unbranched alkanes of at least 4 members (excludes halogenated alkanes) is 16.